The van der Waals surface area contributed by atoms with Crippen LogP contribution in [0.4, 0.5) is 0 Å². The molecule has 5 heteroatoms. The van der Waals surface area contributed by atoms with E-state index in [4.69, 9.17) is 4.74 Å². The van der Waals surface area contributed by atoms with Crippen molar-refractivity contribution in [1.82, 2.24) is 0 Å². The molecule has 1 aromatic carbocycles. The number of methoxy groups -OCH3 is 1. The maximum atomic E-state index is 10.6. The van der Waals surface area contributed by atoms with Gasteiger partial charge in [0.25, 0.3) is 0 Å². The van der Waals surface area contributed by atoms with E-state index in [-0.39, 0.29) is 31.2 Å². The van der Waals surface area contributed by atoms with E-state index in [1.807, 2.05) is 13.0 Å². The molecule has 0 radical (unpaired) electrons. The summed E-state index contributed by atoms with van der Waals surface area (Å²) in [6.45, 7) is 3.26. The van der Waals surface area contributed by atoms with Crippen LogP contribution < -0.4 is 0 Å². The molecule has 2 rings (SSSR count). The lowest BCUT2D eigenvalue weighted by Crippen LogP contribution is -2.46. The molecule has 0 fully saturated rings. The van der Waals surface area contributed by atoms with Crippen LogP contribution in [0.25, 0.3) is 0 Å². The number of ether oxygens (including phenoxy) is 1. The second-order valence-corrected chi connectivity index (χ2v) is 8.05. The number of hydrogen-bond donors (Lipinski definition) is 4. The predicted octanol–water partition coefficient (Wildman–Crippen LogP) is 1.86. The van der Waals surface area contributed by atoms with Crippen molar-refractivity contribution in [3.05, 3.63) is 47.0 Å². The molecular weight excluding hydrogens is 344 g/mol. The molecule has 1 aliphatic rings. The smallest absolute Gasteiger partial charge is 0.0884 e. The third-order valence-electron chi connectivity index (χ3n) is 5.90. The Balaban J connectivity index is 2.07. The Bertz CT molecular complexity index is 604. The van der Waals surface area contributed by atoms with Gasteiger partial charge in [-0.15, -0.1) is 0 Å². The van der Waals surface area contributed by atoms with Gasteiger partial charge in [-0.1, -0.05) is 30.3 Å². The number of aliphatic hydroxyl groups is 4. The van der Waals surface area contributed by atoms with Crippen molar-refractivity contribution in [2.45, 2.75) is 57.3 Å². The average Bonchev–Trinajstić information content (AvgIpc) is 2.66. The molecule has 5 nitrogen and oxygen atoms in total. The fourth-order valence-electron chi connectivity index (χ4n) is 3.93. The summed E-state index contributed by atoms with van der Waals surface area (Å²) in [6.07, 6.45) is 4.17. The Morgan fingerprint density at radius 2 is 1.81 bits per heavy atom. The van der Waals surface area contributed by atoms with Crippen molar-refractivity contribution in [2.24, 2.45) is 11.8 Å². The number of aryl methyl sites for hydroxylation is 1. The highest BCUT2D eigenvalue weighted by Crippen LogP contribution is 2.38. The number of benzene rings is 1. The molecule has 0 bridgehead atoms. The number of hydrogen-bond acceptors (Lipinski definition) is 5. The minimum Gasteiger partial charge on any atom is -0.394 e. The molecule has 0 saturated heterocycles. The molecule has 1 aliphatic carbocycles. The maximum Gasteiger partial charge on any atom is 0.0884 e. The monoisotopic (exact) mass is 378 g/mol. The molecule has 27 heavy (non-hydrogen) atoms. The molecular formula is C22H34O5. The first-order valence-corrected chi connectivity index (χ1v) is 9.71. The van der Waals surface area contributed by atoms with Crippen LogP contribution in [0.1, 0.15) is 37.8 Å². The van der Waals surface area contributed by atoms with Gasteiger partial charge >= 0.3 is 0 Å². The van der Waals surface area contributed by atoms with Gasteiger partial charge in [-0.25, -0.2) is 0 Å². The van der Waals surface area contributed by atoms with Crippen molar-refractivity contribution >= 4 is 0 Å². The van der Waals surface area contributed by atoms with Gasteiger partial charge in [-0.3, -0.25) is 0 Å². The van der Waals surface area contributed by atoms with Crippen LogP contribution >= 0.6 is 0 Å². The van der Waals surface area contributed by atoms with Gasteiger partial charge in [0, 0.05) is 7.11 Å². The molecule has 0 heterocycles. The number of aliphatic hydroxyl groups excluding tert-OH is 3. The van der Waals surface area contributed by atoms with Gasteiger partial charge in [0.1, 0.15) is 0 Å². The Labute approximate surface area is 162 Å². The van der Waals surface area contributed by atoms with Gasteiger partial charge in [0.2, 0.25) is 0 Å². The molecule has 4 N–H and O–H groups in total. The van der Waals surface area contributed by atoms with Crippen LogP contribution in [-0.4, -0.2) is 58.6 Å². The zero-order valence-corrected chi connectivity index (χ0v) is 16.6. The van der Waals surface area contributed by atoms with E-state index >= 15 is 0 Å². The molecule has 0 spiro atoms. The maximum absolute atomic E-state index is 10.6. The summed E-state index contributed by atoms with van der Waals surface area (Å²) in [5, 5.41) is 39.6. The van der Waals surface area contributed by atoms with Gasteiger partial charge in [0.05, 0.1) is 31.0 Å². The van der Waals surface area contributed by atoms with Crippen molar-refractivity contribution in [3.8, 4) is 0 Å². The third-order valence-corrected chi connectivity index (χ3v) is 5.90. The lowest BCUT2D eigenvalue weighted by Gasteiger charge is -2.40. The SMILES string of the molecule is COC(CO)CCc1ccc(CC2C=C(C)C(O)CC2C(C)(O)CO)cc1. The second kappa shape index (κ2) is 9.80. The lowest BCUT2D eigenvalue weighted by molar-refractivity contribution is -0.0755. The molecule has 5 atom stereocenters. The van der Waals surface area contributed by atoms with Crippen molar-refractivity contribution in [3.63, 3.8) is 0 Å². The average molecular weight is 379 g/mol. The van der Waals surface area contributed by atoms with Gasteiger partial charge in [0.15, 0.2) is 0 Å². The summed E-state index contributed by atoms with van der Waals surface area (Å²) in [7, 11) is 1.61. The summed E-state index contributed by atoms with van der Waals surface area (Å²) in [6, 6.07) is 8.36. The van der Waals surface area contributed by atoms with E-state index in [0.29, 0.717) is 6.42 Å². The highest BCUT2D eigenvalue weighted by molar-refractivity contribution is 5.25. The molecule has 5 unspecified atom stereocenters. The van der Waals surface area contributed by atoms with Gasteiger partial charge in [-0.05, 0) is 68.1 Å². The minimum absolute atomic E-state index is 0.0278. The third kappa shape index (κ3) is 5.87. The van der Waals surface area contributed by atoms with Crippen LogP contribution in [-0.2, 0) is 17.6 Å². The fraction of sp³-hybridized carbons (Fsp3) is 0.636. The van der Waals surface area contributed by atoms with E-state index in [2.05, 4.69) is 24.3 Å². The topological polar surface area (TPSA) is 90.2 Å². The molecule has 1 aromatic rings. The van der Waals surface area contributed by atoms with Gasteiger partial charge < -0.3 is 25.2 Å². The summed E-state index contributed by atoms with van der Waals surface area (Å²) in [4.78, 5) is 0. The van der Waals surface area contributed by atoms with Crippen LogP contribution in [0.3, 0.4) is 0 Å². The first-order chi connectivity index (χ1) is 12.8. The first-order valence-electron chi connectivity index (χ1n) is 9.71. The van der Waals surface area contributed by atoms with E-state index in [1.165, 1.54) is 5.56 Å². The summed E-state index contributed by atoms with van der Waals surface area (Å²) < 4.78 is 5.20. The van der Waals surface area contributed by atoms with Crippen molar-refractivity contribution in [2.75, 3.05) is 20.3 Å². The predicted molar refractivity (Wildman–Crippen MR) is 105 cm³/mol. The second-order valence-electron chi connectivity index (χ2n) is 8.05. The first kappa shape index (κ1) is 22.1. The van der Waals surface area contributed by atoms with E-state index in [0.717, 1.165) is 30.4 Å². The summed E-state index contributed by atoms with van der Waals surface area (Å²) in [5.74, 6) is -0.137. The normalized spacial score (nSPS) is 26.3. The minimum atomic E-state index is -1.22. The Hall–Kier alpha value is -1.24. The molecule has 0 saturated carbocycles. The Morgan fingerprint density at radius 1 is 1.19 bits per heavy atom. The highest BCUT2D eigenvalue weighted by atomic mass is 16.5. The van der Waals surface area contributed by atoms with Crippen molar-refractivity contribution in [1.29, 1.82) is 0 Å². The molecule has 0 aromatic heterocycles. The zero-order valence-electron chi connectivity index (χ0n) is 16.6. The fourth-order valence-corrected chi connectivity index (χ4v) is 3.93. The number of rotatable bonds is 9. The van der Waals surface area contributed by atoms with Crippen molar-refractivity contribution < 1.29 is 25.2 Å². The summed E-state index contributed by atoms with van der Waals surface area (Å²) >= 11 is 0. The highest BCUT2D eigenvalue weighted by Gasteiger charge is 2.40. The Kier molecular flexibility index (Phi) is 8.01. The van der Waals surface area contributed by atoms with E-state index in [9.17, 15) is 20.4 Å². The summed E-state index contributed by atoms with van der Waals surface area (Å²) in [5.41, 5.74) is 2.06. The number of allylic oxidation sites excluding steroid dienone is 1. The largest absolute Gasteiger partial charge is 0.394 e. The zero-order chi connectivity index (χ0) is 20.0. The quantitative estimate of drug-likeness (QED) is 0.493. The molecule has 152 valence electrons. The lowest BCUT2D eigenvalue weighted by atomic mass is 9.69. The standard InChI is InChI=1S/C22H34O5/c1-15-10-18(20(12-21(15)25)22(2,26)14-24)11-17-6-4-16(5-7-17)8-9-19(13-23)27-3/h4-7,10,18-21,23-26H,8-9,11-14H2,1-3H3. The van der Waals surface area contributed by atoms with Gasteiger partial charge in [-0.2, -0.15) is 0 Å². The Morgan fingerprint density at radius 3 is 2.37 bits per heavy atom. The molecule has 0 amide bonds. The van der Waals surface area contributed by atoms with Crippen LogP contribution in [0, 0.1) is 11.8 Å². The van der Waals surface area contributed by atoms with E-state index in [1.54, 1.807) is 14.0 Å². The molecule has 0 aliphatic heterocycles. The van der Waals surface area contributed by atoms with Crippen LogP contribution in [0.5, 0.6) is 0 Å². The van der Waals surface area contributed by atoms with E-state index < -0.39 is 11.7 Å². The van der Waals surface area contributed by atoms with Crippen LogP contribution in [0.2, 0.25) is 0 Å². The van der Waals surface area contributed by atoms with Crippen LogP contribution in [0.15, 0.2) is 35.9 Å².